The number of hydrogen-bond acceptors (Lipinski definition) is 4. The monoisotopic (exact) mass is 433 g/mol. The van der Waals surface area contributed by atoms with Crippen LogP contribution < -0.4 is 10.1 Å². The third-order valence-corrected chi connectivity index (χ3v) is 4.44. The highest BCUT2D eigenvalue weighted by atomic mass is 79.9. The Morgan fingerprint density at radius 2 is 1.78 bits per heavy atom. The summed E-state index contributed by atoms with van der Waals surface area (Å²) in [6.07, 6.45) is 0.941. The molecule has 27 heavy (non-hydrogen) atoms. The maximum absolute atomic E-state index is 12.4. The first kappa shape index (κ1) is 21.0. The average molecular weight is 434 g/mol. The number of benzene rings is 2. The first-order valence-corrected chi connectivity index (χ1v) is 9.48. The first-order chi connectivity index (χ1) is 12.7. The SMILES string of the molecule is CC(C)(C)CCOc1ccc(C(=O)CNc2ccc(Br)cc2C(=O)O)cc1. The molecule has 2 N–H and O–H groups in total. The zero-order valence-electron chi connectivity index (χ0n) is 15.7. The zero-order valence-corrected chi connectivity index (χ0v) is 17.3. The normalized spacial score (nSPS) is 11.1. The summed E-state index contributed by atoms with van der Waals surface area (Å²) in [5, 5.41) is 12.2. The van der Waals surface area contributed by atoms with E-state index in [1.807, 2.05) is 0 Å². The van der Waals surface area contributed by atoms with Crippen LogP contribution in [0.25, 0.3) is 0 Å². The number of aromatic carboxylic acids is 1. The molecule has 0 radical (unpaired) electrons. The van der Waals surface area contributed by atoms with Crippen molar-refractivity contribution in [1.29, 1.82) is 0 Å². The first-order valence-electron chi connectivity index (χ1n) is 8.68. The molecule has 2 aromatic rings. The standard InChI is InChI=1S/C21H24BrNO4/c1-21(2,3)10-11-27-16-7-4-14(5-8-16)19(24)13-23-18-9-6-15(22)12-17(18)20(25)26/h4-9,12,23H,10-11,13H2,1-3H3,(H,25,26). The molecule has 2 rings (SSSR count). The summed E-state index contributed by atoms with van der Waals surface area (Å²) in [4.78, 5) is 23.7. The molecule has 144 valence electrons. The molecular weight excluding hydrogens is 410 g/mol. The highest BCUT2D eigenvalue weighted by Gasteiger charge is 2.13. The van der Waals surface area contributed by atoms with Gasteiger partial charge in [-0.15, -0.1) is 0 Å². The number of ketones is 1. The fourth-order valence-electron chi connectivity index (χ4n) is 2.34. The molecule has 0 unspecified atom stereocenters. The molecule has 0 aliphatic rings. The predicted octanol–water partition coefficient (Wildman–Crippen LogP) is 5.26. The Morgan fingerprint density at radius 1 is 1.11 bits per heavy atom. The minimum Gasteiger partial charge on any atom is -0.494 e. The van der Waals surface area contributed by atoms with Crippen LogP contribution in [-0.2, 0) is 0 Å². The van der Waals surface area contributed by atoms with Crippen LogP contribution in [0.15, 0.2) is 46.9 Å². The Hall–Kier alpha value is -2.34. The van der Waals surface area contributed by atoms with E-state index in [4.69, 9.17) is 4.74 Å². The third-order valence-electron chi connectivity index (χ3n) is 3.95. The second kappa shape index (κ2) is 9.04. The van der Waals surface area contributed by atoms with Crippen LogP contribution in [0.4, 0.5) is 5.69 Å². The fraction of sp³-hybridized carbons (Fsp3) is 0.333. The van der Waals surface area contributed by atoms with Crippen molar-refractivity contribution < 1.29 is 19.4 Å². The van der Waals surface area contributed by atoms with Gasteiger partial charge in [-0.05, 0) is 54.3 Å². The van der Waals surface area contributed by atoms with Gasteiger partial charge < -0.3 is 15.2 Å². The van der Waals surface area contributed by atoms with Crippen LogP contribution in [0, 0.1) is 5.41 Å². The second-order valence-corrected chi connectivity index (χ2v) is 8.37. The van der Waals surface area contributed by atoms with E-state index < -0.39 is 5.97 Å². The number of carboxylic acid groups (broad SMARTS) is 1. The lowest BCUT2D eigenvalue weighted by molar-refractivity contribution is 0.0697. The fourth-order valence-corrected chi connectivity index (χ4v) is 2.70. The lowest BCUT2D eigenvalue weighted by Crippen LogP contribution is -2.16. The number of carbonyl (C=O) groups is 2. The lowest BCUT2D eigenvalue weighted by atomic mass is 9.93. The molecule has 0 aliphatic heterocycles. The molecule has 0 bridgehead atoms. The van der Waals surface area contributed by atoms with E-state index in [1.165, 1.54) is 6.07 Å². The van der Waals surface area contributed by atoms with Crippen molar-refractivity contribution in [2.75, 3.05) is 18.5 Å². The maximum Gasteiger partial charge on any atom is 0.337 e. The zero-order chi connectivity index (χ0) is 20.0. The van der Waals surface area contributed by atoms with Crippen molar-refractivity contribution in [3.05, 3.63) is 58.1 Å². The molecule has 0 fully saturated rings. The Labute approximate surface area is 167 Å². The van der Waals surface area contributed by atoms with Gasteiger partial charge in [0.1, 0.15) is 5.75 Å². The van der Waals surface area contributed by atoms with Gasteiger partial charge in [-0.1, -0.05) is 36.7 Å². The molecule has 0 aliphatic carbocycles. The van der Waals surface area contributed by atoms with Gasteiger partial charge in [-0.2, -0.15) is 0 Å². The minimum atomic E-state index is -1.05. The van der Waals surface area contributed by atoms with Crippen molar-refractivity contribution in [3.63, 3.8) is 0 Å². The number of Topliss-reactive ketones (excluding diaryl/α,β-unsaturated/α-hetero) is 1. The molecule has 0 spiro atoms. The van der Waals surface area contributed by atoms with Gasteiger partial charge in [0.05, 0.1) is 18.7 Å². The summed E-state index contributed by atoms with van der Waals surface area (Å²) in [6, 6.07) is 11.8. The van der Waals surface area contributed by atoms with Crippen molar-refractivity contribution in [2.45, 2.75) is 27.2 Å². The highest BCUT2D eigenvalue weighted by molar-refractivity contribution is 9.10. The summed E-state index contributed by atoms with van der Waals surface area (Å²) < 4.78 is 6.37. The Bertz CT molecular complexity index is 810. The van der Waals surface area contributed by atoms with E-state index in [1.54, 1.807) is 36.4 Å². The van der Waals surface area contributed by atoms with Gasteiger partial charge in [0.25, 0.3) is 0 Å². The second-order valence-electron chi connectivity index (χ2n) is 7.46. The van der Waals surface area contributed by atoms with Crippen LogP contribution in [-0.4, -0.2) is 30.0 Å². The molecule has 2 aromatic carbocycles. The summed E-state index contributed by atoms with van der Waals surface area (Å²) >= 11 is 3.25. The van der Waals surface area contributed by atoms with Crippen molar-refractivity contribution >= 4 is 33.4 Å². The number of nitrogens with one attached hydrogen (secondary N) is 1. The quantitative estimate of drug-likeness (QED) is 0.555. The van der Waals surface area contributed by atoms with E-state index in [2.05, 4.69) is 42.0 Å². The highest BCUT2D eigenvalue weighted by Crippen LogP contribution is 2.22. The number of rotatable bonds is 8. The van der Waals surface area contributed by atoms with Crippen LogP contribution in [0.2, 0.25) is 0 Å². The van der Waals surface area contributed by atoms with Gasteiger partial charge in [0, 0.05) is 15.7 Å². The topological polar surface area (TPSA) is 75.6 Å². The molecule has 0 saturated carbocycles. The third kappa shape index (κ3) is 6.71. The van der Waals surface area contributed by atoms with Crippen molar-refractivity contribution in [3.8, 4) is 5.75 Å². The van der Waals surface area contributed by atoms with Gasteiger partial charge in [-0.3, -0.25) is 4.79 Å². The molecule has 0 aromatic heterocycles. The van der Waals surface area contributed by atoms with Crippen LogP contribution >= 0.6 is 15.9 Å². The Balaban J connectivity index is 1.94. The number of carbonyl (C=O) groups excluding carboxylic acids is 1. The van der Waals surface area contributed by atoms with Crippen LogP contribution in [0.1, 0.15) is 47.9 Å². The molecule has 5 nitrogen and oxygen atoms in total. The summed E-state index contributed by atoms with van der Waals surface area (Å²) in [5.74, 6) is -0.455. The molecule has 0 atom stereocenters. The summed E-state index contributed by atoms with van der Waals surface area (Å²) in [7, 11) is 0. The van der Waals surface area contributed by atoms with Gasteiger partial charge >= 0.3 is 5.97 Å². The number of hydrogen-bond donors (Lipinski definition) is 2. The molecule has 0 amide bonds. The molecular formula is C21H24BrNO4. The smallest absolute Gasteiger partial charge is 0.337 e. The molecule has 6 heteroatoms. The Morgan fingerprint density at radius 3 is 2.37 bits per heavy atom. The van der Waals surface area contributed by atoms with E-state index >= 15 is 0 Å². The van der Waals surface area contributed by atoms with Gasteiger partial charge in [0.2, 0.25) is 0 Å². The van der Waals surface area contributed by atoms with E-state index in [0.717, 1.165) is 12.2 Å². The maximum atomic E-state index is 12.4. The van der Waals surface area contributed by atoms with Crippen LogP contribution in [0.5, 0.6) is 5.75 Å². The summed E-state index contributed by atoms with van der Waals surface area (Å²) in [6.45, 7) is 7.11. The molecule has 0 heterocycles. The summed E-state index contributed by atoms with van der Waals surface area (Å²) in [5.41, 5.74) is 1.27. The van der Waals surface area contributed by atoms with E-state index in [9.17, 15) is 14.7 Å². The molecule has 0 saturated heterocycles. The number of anilines is 1. The number of carboxylic acids is 1. The largest absolute Gasteiger partial charge is 0.494 e. The van der Waals surface area contributed by atoms with E-state index in [0.29, 0.717) is 22.3 Å². The lowest BCUT2D eigenvalue weighted by Gasteiger charge is -2.18. The minimum absolute atomic E-state index is 0.00609. The van der Waals surface area contributed by atoms with Gasteiger partial charge in [0.15, 0.2) is 5.78 Å². The van der Waals surface area contributed by atoms with Crippen molar-refractivity contribution in [1.82, 2.24) is 0 Å². The van der Waals surface area contributed by atoms with Gasteiger partial charge in [-0.25, -0.2) is 4.79 Å². The number of halogens is 1. The van der Waals surface area contributed by atoms with E-state index in [-0.39, 0.29) is 23.3 Å². The average Bonchev–Trinajstić information content (AvgIpc) is 2.59. The van der Waals surface area contributed by atoms with Crippen molar-refractivity contribution in [2.24, 2.45) is 5.41 Å². The number of ether oxygens (including phenoxy) is 1. The Kier molecular flexibility index (Phi) is 7.02. The van der Waals surface area contributed by atoms with Crippen LogP contribution in [0.3, 0.4) is 0 Å². The predicted molar refractivity (Wildman–Crippen MR) is 110 cm³/mol.